The summed E-state index contributed by atoms with van der Waals surface area (Å²) in [5, 5.41) is 15.7. The molecule has 2 aromatic heterocycles. The highest BCUT2D eigenvalue weighted by Crippen LogP contribution is 2.31. The summed E-state index contributed by atoms with van der Waals surface area (Å²) in [5.74, 6) is 0.00484. The summed E-state index contributed by atoms with van der Waals surface area (Å²) < 4.78 is 43.2. The van der Waals surface area contributed by atoms with Crippen molar-refractivity contribution in [2.24, 2.45) is 6.98 Å². The molecule has 0 fully saturated rings. The molecule has 1 N–H and O–H groups in total. The number of nitriles is 1. The zero-order valence-corrected chi connectivity index (χ0v) is 18.2. The number of anilines is 1. The molecule has 2 heterocycles. The van der Waals surface area contributed by atoms with E-state index in [4.69, 9.17) is 14.1 Å². The first-order valence-corrected chi connectivity index (χ1v) is 9.78. The molecule has 1 aromatic carbocycles. The minimum absolute atomic E-state index is 0.130. The largest absolute Gasteiger partial charge is 0.482 e. The van der Waals surface area contributed by atoms with Gasteiger partial charge in [-0.15, -0.1) is 0 Å². The van der Waals surface area contributed by atoms with Crippen molar-refractivity contribution in [3.8, 4) is 11.8 Å². The van der Waals surface area contributed by atoms with Crippen molar-refractivity contribution in [3.05, 3.63) is 70.4 Å². The number of benzene rings is 1. The molecule has 0 aliphatic carbocycles. The van der Waals surface area contributed by atoms with Gasteiger partial charge >= 0.3 is 0 Å². The summed E-state index contributed by atoms with van der Waals surface area (Å²) in [6.45, 7) is 0.816. The van der Waals surface area contributed by atoms with E-state index in [1.807, 2.05) is 27.1 Å². The van der Waals surface area contributed by atoms with Crippen LogP contribution < -0.4 is 15.0 Å². The van der Waals surface area contributed by atoms with Crippen molar-refractivity contribution in [1.29, 1.82) is 5.26 Å². The van der Waals surface area contributed by atoms with Crippen LogP contribution in [-0.2, 0) is 13.5 Å². The molecule has 3 aromatic rings. The highest BCUT2D eigenvalue weighted by Gasteiger charge is 2.21. The number of aryl methyl sites for hydroxylation is 2. The van der Waals surface area contributed by atoms with Gasteiger partial charge in [0.05, 0.1) is 12.2 Å². The monoisotopic (exact) mass is 439 g/mol. The topological polar surface area (TPSA) is 96.1 Å². The van der Waals surface area contributed by atoms with Crippen molar-refractivity contribution < 1.29 is 18.0 Å². The number of aromatic nitrogens is 3. The van der Waals surface area contributed by atoms with Crippen LogP contribution in [0.1, 0.15) is 50.0 Å². The van der Waals surface area contributed by atoms with Gasteiger partial charge in [-0.25, -0.2) is 9.37 Å². The van der Waals surface area contributed by atoms with E-state index in [1.165, 1.54) is 24.3 Å². The van der Waals surface area contributed by atoms with E-state index in [0.29, 0.717) is 21.8 Å². The molecular weight excluding hydrogens is 411 g/mol. The van der Waals surface area contributed by atoms with Gasteiger partial charge < -0.3 is 15.0 Å². The van der Waals surface area contributed by atoms with E-state index in [2.05, 4.69) is 15.4 Å². The smallest absolute Gasteiger partial charge is 0.252 e. The van der Waals surface area contributed by atoms with Crippen molar-refractivity contribution in [2.45, 2.75) is 26.5 Å². The maximum absolute atomic E-state index is 14.1. The Kier molecular flexibility index (Phi) is 5.57. The summed E-state index contributed by atoms with van der Waals surface area (Å²) in [6.07, 6.45) is 1.01. The van der Waals surface area contributed by atoms with Gasteiger partial charge in [0.1, 0.15) is 23.7 Å². The number of ether oxygens (including phenoxy) is 1. The van der Waals surface area contributed by atoms with Crippen molar-refractivity contribution in [2.75, 3.05) is 19.0 Å². The zero-order chi connectivity index (χ0) is 25.9. The van der Waals surface area contributed by atoms with Crippen LogP contribution in [0.5, 0.6) is 5.75 Å². The molecule has 32 heavy (non-hydrogen) atoms. The summed E-state index contributed by atoms with van der Waals surface area (Å²) in [7, 11) is 3.64. The third kappa shape index (κ3) is 5.03. The molecular formula is C23H25FN6O2. The predicted molar refractivity (Wildman–Crippen MR) is 118 cm³/mol. The van der Waals surface area contributed by atoms with Crippen molar-refractivity contribution >= 4 is 11.7 Å². The van der Waals surface area contributed by atoms with Crippen LogP contribution in [0.25, 0.3) is 0 Å². The van der Waals surface area contributed by atoms with Crippen LogP contribution in [0.4, 0.5) is 10.2 Å². The minimum Gasteiger partial charge on any atom is -0.482 e. The summed E-state index contributed by atoms with van der Waals surface area (Å²) in [4.78, 5) is 19.1. The molecule has 9 heteroatoms. The number of hydrogen-bond acceptors (Lipinski definition) is 6. The van der Waals surface area contributed by atoms with Gasteiger partial charge in [-0.05, 0) is 49.7 Å². The van der Waals surface area contributed by atoms with Crippen LogP contribution >= 0.6 is 0 Å². The Morgan fingerprint density at radius 2 is 2.19 bits per heavy atom. The molecule has 0 saturated heterocycles. The van der Waals surface area contributed by atoms with E-state index < -0.39 is 24.8 Å². The third-order valence-electron chi connectivity index (χ3n) is 4.70. The SMILES string of the molecule is [2H]C([2H])([2H])n1nc(CNC(=O)c2ccc(F)cc2[C@@H](C)Oc2cc(C)cnc2N(C)C)cc1C#N. The van der Waals surface area contributed by atoms with Gasteiger partial charge in [-0.2, -0.15) is 10.4 Å². The fraction of sp³-hybridized carbons (Fsp3) is 0.304. The number of pyridine rings is 1. The summed E-state index contributed by atoms with van der Waals surface area (Å²) >= 11 is 0. The van der Waals surface area contributed by atoms with Gasteiger partial charge in [0.25, 0.3) is 5.91 Å². The predicted octanol–water partition coefficient (Wildman–Crippen LogP) is 3.27. The van der Waals surface area contributed by atoms with Gasteiger partial charge in [-0.3, -0.25) is 9.48 Å². The first-order chi connectivity index (χ1) is 16.4. The van der Waals surface area contributed by atoms with Gasteiger partial charge in [0.15, 0.2) is 11.6 Å². The molecule has 0 unspecified atom stereocenters. The molecule has 0 aliphatic rings. The van der Waals surface area contributed by atoms with Crippen molar-refractivity contribution in [3.63, 3.8) is 0 Å². The van der Waals surface area contributed by atoms with Crippen LogP contribution in [-0.4, -0.2) is 34.8 Å². The lowest BCUT2D eigenvalue weighted by Gasteiger charge is -2.22. The number of hydrogen-bond donors (Lipinski definition) is 1. The molecule has 0 spiro atoms. The van der Waals surface area contributed by atoms with Crippen LogP contribution in [0.3, 0.4) is 0 Å². The lowest BCUT2D eigenvalue weighted by atomic mass is 10.0. The lowest BCUT2D eigenvalue weighted by Crippen LogP contribution is -2.25. The quantitative estimate of drug-likeness (QED) is 0.607. The number of halogens is 1. The number of nitrogens with one attached hydrogen (secondary N) is 1. The maximum atomic E-state index is 14.1. The van der Waals surface area contributed by atoms with E-state index in [9.17, 15) is 9.18 Å². The standard InChI is InChI=1S/C23H25FN6O2/c1-14-8-21(22(26-12-14)29(3)4)32-15(2)20-9-16(24)6-7-19(20)23(31)27-13-17-10-18(11-25)30(5)28-17/h6-10,12,15H,13H2,1-5H3,(H,27,31)/t15-/m1/s1/i5D3. The maximum Gasteiger partial charge on any atom is 0.252 e. The fourth-order valence-electron chi connectivity index (χ4n) is 3.15. The average Bonchev–Trinajstić information content (AvgIpc) is 3.21. The molecule has 166 valence electrons. The molecule has 0 aliphatic heterocycles. The highest BCUT2D eigenvalue weighted by atomic mass is 19.1. The Bertz CT molecular complexity index is 1280. The number of rotatable bonds is 7. The second-order valence-electron chi connectivity index (χ2n) is 7.45. The Labute approximate surface area is 190 Å². The van der Waals surface area contributed by atoms with E-state index >= 15 is 0 Å². The molecule has 3 rings (SSSR count). The molecule has 0 radical (unpaired) electrons. The first-order valence-electron chi connectivity index (χ1n) is 11.3. The van der Waals surface area contributed by atoms with Crippen molar-refractivity contribution in [1.82, 2.24) is 20.1 Å². The Balaban J connectivity index is 1.84. The fourth-order valence-corrected chi connectivity index (χ4v) is 3.15. The second-order valence-corrected chi connectivity index (χ2v) is 7.45. The van der Waals surface area contributed by atoms with E-state index in [1.54, 1.807) is 24.1 Å². The number of nitrogens with zero attached hydrogens (tertiary/aromatic N) is 5. The highest BCUT2D eigenvalue weighted by molar-refractivity contribution is 5.95. The average molecular weight is 440 g/mol. The third-order valence-corrected chi connectivity index (χ3v) is 4.70. The van der Waals surface area contributed by atoms with Crippen LogP contribution in [0, 0.1) is 24.1 Å². The minimum atomic E-state index is -2.62. The van der Waals surface area contributed by atoms with Gasteiger partial charge in [-0.1, -0.05) is 0 Å². The Hall–Kier alpha value is -3.93. The van der Waals surface area contributed by atoms with Gasteiger partial charge in [0, 0.05) is 42.5 Å². The Morgan fingerprint density at radius 3 is 2.84 bits per heavy atom. The van der Waals surface area contributed by atoms with Gasteiger partial charge in [0.2, 0.25) is 0 Å². The summed E-state index contributed by atoms with van der Waals surface area (Å²) in [5.41, 5.74) is 1.42. The van der Waals surface area contributed by atoms with Crippen LogP contribution in [0.2, 0.25) is 0 Å². The normalized spacial score (nSPS) is 13.3. The molecule has 1 atom stereocenters. The van der Waals surface area contributed by atoms with E-state index in [0.717, 1.165) is 5.56 Å². The zero-order valence-electron chi connectivity index (χ0n) is 21.2. The van der Waals surface area contributed by atoms with E-state index in [-0.39, 0.29) is 23.5 Å². The molecule has 0 bridgehead atoms. The number of carbonyl (C=O) groups is 1. The second kappa shape index (κ2) is 9.47. The number of carbonyl (C=O) groups excluding carboxylic acids is 1. The molecule has 1 amide bonds. The first kappa shape index (κ1) is 18.8. The summed E-state index contributed by atoms with van der Waals surface area (Å²) in [6, 6.07) is 8.62. The molecule has 0 saturated carbocycles. The Morgan fingerprint density at radius 1 is 1.41 bits per heavy atom. The lowest BCUT2D eigenvalue weighted by molar-refractivity contribution is 0.0945. The number of amides is 1. The molecule has 8 nitrogen and oxygen atoms in total. The van der Waals surface area contributed by atoms with Crippen LogP contribution in [0.15, 0.2) is 36.5 Å².